The Kier molecular flexibility index (Phi) is 5.06. The Hall–Kier alpha value is -1.02. The summed E-state index contributed by atoms with van der Waals surface area (Å²) in [4.78, 5) is 14.0. The predicted molar refractivity (Wildman–Crippen MR) is 74.8 cm³/mol. The molecule has 1 aliphatic rings. The van der Waals surface area contributed by atoms with Crippen molar-refractivity contribution in [3.8, 4) is 0 Å². The van der Waals surface area contributed by atoms with Crippen LogP contribution in [0.4, 0.5) is 0 Å². The smallest absolute Gasteiger partial charge is 0.222 e. The van der Waals surface area contributed by atoms with Crippen molar-refractivity contribution in [1.82, 2.24) is 4.90 Å². The normalized spacial score (nSPS) is 19.2. The Morgan fingerprint density at radius 2 is 2.11 bits per heavy atom. The van der Waals surface area contributed by atoms with E-state index >= 15 is 0 Å². The fourth-order valence-corrected chi connectivity index (χ4v) is 2.68. The fraction of sp³-hybridized carbons (Fsp3) is 0.533. The summed E-state index contributed by atoms with van der Waals surface area (Å²) < 4.78 is 0. The molecule has 98 valence electrons. The van der Waals surface area contributed by atoms with Crippen LogP contribution in [-0.2, 0) is 11.2 Å². The molecule has 0 aliphatic carbocycles. The van der Waals surface area contributed by atoms with Crippen LogP contribution in [0.25, 0.3) is 0 Å². The molecule has 1 unspecified atom stereocenters. The quantitative estimate of drug-likeness (QED) is 0.749. The summed E-state index contributed by atoms with van der Waals surface area (Å²) in [5.41, 5.74) is 1.31. The molecule has 2 rings (SSSR count). The zero-order valence-electron chi connectivity index (χ0n) is 10.6. The number of alkyl halides is 1. The molecule has 0 N–H and O–H groups in total. The molecular formula is C15H20ClNO. The SMILES string of the molecule is O=C(CCCc1ccccc1)N1CCC(CCl)C1. The number of hydrogen-bond donors (Lipinski definition) is 0. The number of carbonyl (C=O) groups excluding carboxylic acids is 1. The van der Waals surface area contributed by atoms with Crippen molar-refractivity contribution >= 4 is 17.5 Å². The molecule has 0 radical (unpaired) electrons. The van der Waals surface area contributed by atoms with Gasteiger partial charge in [0.05, 0.1) is 0 Å². The molecule has 1 heterocycles. The van der Waals surface area contributed by atoms with Gasteiger partial charge < -0.3 is 4.90 Å². The summed E-state index contributed by atoms with van der Waals surface area (Å²) in [6, 6.07) is 10.3. The number of amides is 1. The third kappa shape index (κ3) is 3.74. The molecule has 18 heavy (non-hydrogen) atoms. The van der Waals surface area contributed by atoms with Crippen LogP contribution in [0.1, 0.15) is 24.8 Å². The summed E-state index contributed by atoms with van der Waals surface area (Å²) in [5.74, 6) is 1.47. The largest absolute Gasteiger partial charge is 0.342 e. The number of benzene rings is 1. The van der Waals surface area contributed by atoms with Crippen LogP contribution < -0.4 is 0 Å². The second-order valence-electron chi connectivity index (χ2n) is 4.99. The zero-order valence-corrected chi connectivity index (χ0v) is 11.4. The van der Waals surface area contributed by atoms with Crippen molar-refractivity contribution in [3.05, 3.63) is 35.9 Å². The van der Waals surface area contributed by atoms with E-state index in [1.165, 1.54) is 5.56 Å². The summed E-state index contributed by atoms with van der Waals surface area (Å²) in [7, 11) is 0. The van der Waals surface area contributed by atoms with Crippen LogP contribution in [0, 0.1) is 5.92 Å². The first-order chi connectivity index (χ1) is 8.79. The minimum Gasteiger partial charge on any atom is -0.342 e. The highest BCUT2D eigenvalue weighted by atomic mass is 35.5. The summed E-state index contributed by atoms with van der Waals surface area (Å²) in [6.45, 7) is 1.75. The number of carbonyl (C=O) groups is 1. The molecule has 0 saturated carbocycles. The highest BCUT2D eigenvalue weighted by Gasteiger charge is 2.24. The first-order valence-electron chi connectivity index (χ1n) is 6.67. The van der Waals surface area contributed by atoms with Gasteiger partial charge in [-0.1, -0.05) is 30.3 Å². The highest BCUT2D eigenvalue weighted by molar-refractivity contribution is 6.18. The minimum absolute atomic E-state index is 0.290. The molecule has 1 amide bonds. The van der Waals surface area contributed by atoms with E-state index in [9.17, 15) is 4.79 Å². The summed E-state index contributed by atoms with van der Waals surface area (Å²) in [5, 5.41) is 0. The molecule has 3 heteroatoms. The maximum Gasteiger partial charge on any atom is 0.222 e. The minimum atomic E-state index is 0.290. The number of aryl methyl sites for hydroxylation is 1. The van der Waals surface area contributed by atoms with E-state index < -0.39 is 0 Å². The van der Waals surface area contributed by atoms with Crippen LogP contribution in [0.2, 0.25) is 0 Å². The van der Waals surface area contributed by atoms with Gasteiger partial charge in [-0.15, -0.1) is 11.6 Å². The monoisotopic (exact) mass is 265 g/mol. The van der Waals surface area contributed by atoms with E-state index in [0.717, 1.165) is 32.4 Å². The third-order valence-corrected chi connectivity index (χ3v) is 3.99. The van der Waals surface area contributed by atoms with Gasteiger partial charge in [0.25, 0.3) is 0 Å². The van der Waals surface area contributed by atoms with Gasteiger partial charge in [0.1, 0.15) is 0 Å². The molecule has 1 fully saturated rings. The molecule has 1 atom stereocenters. The van der Waals surface area contributed by atoms with Crippen LogP contribution in [0.3, 0.4) is 0 Å². The van der Waals surface area contributed by atoms with Crippen molar-refractivity contribution in [2.45, 2.75) is 25.7 Å². The molecule has 0 aromatic heterocycles. The second-order valence-corrected chi connectivity index (χ2v) is 5.30. The van der Waals surface area contributed by atoms with Gasteiger partial charge in [0.15, 0.2) is 0 Å². The van der Waals surface area contributed by atoms with Gasteiger partial charge in [0.2, 0.25) is 5.91 Å². The first-order valence-corrected chi connectivity index (χ1v) is 7.20. The maximum atomic E-state index is 12.0. The molecule has 2 nitrogen and oxygen atoms in total. The lowest BCUT2D eigenvalue weighted by molar-refractivity contribution is -0.130. The molecule has 0 bridgehead atoms. The van der Waals surface area contributed by atoms with E-state index in [1.54, 1.807) is 0 Å². The number of halogens is 1. The Balaban J connectivity index is 1.69. The number of nitrogens with zero attached hydrogens (tertiary/aromatic N) is 1. The zero-order chi connectivity index (χ0) is 12.8. The van der Waals surface area contributed by atoms with E-state index in [1.807, 2.05) is 23.1 Å². The van der Waals surface area contributed by atoms with Crippen LogP contribution in [0.15, 0.2) is 30.3 Å². The predicted octanol–water partition coefficient (Wildman–Crippen LogP) is 3.10. The van der Waals surface area contributed by atoms with Gasteiger partial charge in [0, 0.05) is 25.4 Å². The van der Waals surface area contributed by atoms with Crippen LogP contribution in [0.5, 0.6) is 0 Å². The van der Waals surface area contributed by atoms with Crippen molar-refractivity contribution in [2.24, 2.45) is 5.92 Å². The highest BCUT2D eigenvalue weighted by Crippen LogP contribution is 2.18. The molecule has 1 aromatic rings. The average Bonchev–Trinajstić information content (AvgIpc) is 2.89. The van der Waals surface area contributed by atoms with Gasteiger partial charge in [-0.05, 0) is 30.7 Å². The molecule has 1 aromatic carbocycles. The van der Waals surface area contributed by atoms with Gasteiger partial charge in [-0.3, -0.25) is 4.79 Å². The topological polar surface area (TPSA) is 20.3 Å². The van der Waals surface area contributed by atoms with Crippen molar-refractivity contribution in [1.29, 1.82) is 0 Å². The van der Waals surface area contributed by atoms with Crippen LogP contribution in [-0.4, -0.2) is 29.8 Å². The lowest BCUT2D eigenvalue weighted by Crippen LogP contribution is -2.28. The Bertz CT molecular complexity index is 379. The number of likely N-dealkylation sites (tertiary alicyclic amines) is 1. The van der Waals surface area contributed by atoms with Crippen LogP contribution >= 0.6 is 11.6 Å². The van der Waals surface area contributed by atoms with Crippen molar-refractivity contribution in [3.63, 3.8) is 0 Å². The lowest BCUT2D eigenvalue weighted by Gasteiger charge is -2.15. The summed E-state index contributed by atoms with van der Waals surface area (Å²) >= 11 is 5.82. The first kappa shape index (κ1) is 13.4. The van der Waals surface area contributed by atoms with Gasteiger partial charge >= 0.3 is 0 Å². The second kappa shape index (κ2) is 6.79. The molecule has 0 spiro atoms. The molecule has 1 aliphatic heterocycles. The van der Waals surface area contributed by atoms with E-state index in [0.29, 0.717) is 24.1 Å². The molecular weight excluding hydrogens is 246 g/mol. The van der Waals surface area contributed by atoms with Crippen molar-refractivity contribution < 1.29 is 4.79 Å². The Morgan fingerprint density at radius 1 is 1.33 bits per heavy atom. The van der Waals surface area contributed by atoms with Gasteiger partial charge in [-0.25, -0.2) is 0 Å². The number of hydrogen-bond acceptors (Lipinski definition) is 1. The van der Waals surface area contributed by atoms with Gasteiger partial charge in [-0.2, -0.15) is 0 Å². The van der Waals surface area contributed by atoms with E-state index in [-0.39, 0.29) is 0 Å². The third-order valence-electron chi connectivity index (χ3n) is 3.56. The maximum absolute atomic E-state index is 12.0. The number of rotatable bonds is 5. The fourth-order valence-electron chi connectivity index (χ4n) is 2.43. The summed E-state index contributed by atoms with van der Waals surface area (Å²) in [6.07, 6.45) is 3.64. The Morgan fingerprint density at radius 3 is 2.78 bits per heavy atom. The Labute approximate surface area is 114 Å². The van der Waals surface area contributed by atoms with E-state index in [4.69, 9.17) is 11.6 Å². The van der Waals surface area contributed by atoms with E-state index in [2.05, 4.69) is 12.1 Å². The average molecular weight is 266 g/mol. The lowest BCUT2D eigenvalue weighted by atomic mass is 10.1. The molecule has 1 saturated heterocycles. The van der Waals surface area contributed by atoms with Crippen molar-refractivity contribution in [2.75, 3.05) is 19.0 Å². The standard InChI is InChI=1S/C15H20ClNO/c16-11-14-9-10-17(12-14)15(18)8-4-7-13-5-2-1-3-6-13/h1-3,5-6,14H,4,7-12H2.